The second kappa shape index (κ2) is 5.07. The van der Waals surface area contributed by atoms with Gasteiger partial charge < -0.3 is 10.6 Å². The molecule has 16 heavy (non-hydrogen) atoms. The molecule has 1 atom stereocenters. The van der Waals surface area contributed by atoms with Gasteiger partial charge in [0.15, 0.2) is 0 Å². The van der Waals surface area contributed by atoms with Crippen molar-refractivity contribution in [3.8, 4) is 0 Å². The van der Waals surface area contributed by atoms with E-state index in [1.165, 1.54) is 0 Å². The monoisotopic (exact) mass is 223 g/mol. The molecular formula is C10H17N5O. The van der Waals surface area contributed by atoms with Crippen molar-refractivity contribution in [1.29, 1.82) is 0 Å². The summed E-state index contributed by atoms with van der Waals surface area (Å²) in [7, 11) is 0. The van der Waals surface area contributed by atoms with Crippen LogP contribution in [0.5, 0.6) is 0 Å². The Bertz CT molecular complexity index is 337. The van der Waals surface area contributed by atoms with Gasteiger partial charge in [0.1, 0.15) is 0 Å². The molecule has 1 aromatic heterocycles. The highest BCUT2D eigenvalue weighted by Gasteiger charge is 2.23. The average molecular weight is 223 g/mol. The van der Waals surface area contributed by atoms with Gasteiger partial charge in [-0.3, -0.25) is 9.48 Å². The van der Waals surface area contributed by atoms with Crippen LogP contribution in [0.1, 0.15) is 12.8 Å². The number of likely N-dealkylation sites (tertiary alicyclic amines) is 1. The zero-order valence-corrected chi connectivity index (χ0v) is 9.25. The molecule has 2 heterocycles. The maximum atomic E-state index is 11.1. The zero-order valence-electron chi connectivity index (χ0n) is 9.25. The summed E-state index contributed by atoms with van der Waals surface area (Å²) in [5.41, 5.74) is 5.33. The number of hydrogen-bond acceptors (Lipinski definition) is 4. The van der Waals surface area contributed by atoms with E-state index in [0.29, 0.717) is 0 Å². The smallest absolute Gasteiger partial charge is 0.221 e. The molecule has 0 aromatic carbocycles. The lowest BCUT2D eigenvalue weighted by Gasteiger charge is -2.30. The molecule has 0 aliphatic carbocycles. The molecule has 88 valence electrons. The number of carbonyl (C=O) groups excluding carboxylic acids is 1. The molecule has 1 amide bonds. The van der Waals surface area contributed by atoms with E-state index in [1.807, 2.05) is 6.20 Å². The summed E-state index contributed by atoms with van der Waals surface area (Å²) in [5.74, 6) is -0.157. The van der Waals surface area contributed by atoms with Crippen LogP contribution < -0.4 is 5.73 Å². The third-order valence-corrected chi connectivity index (χ3v) is 3.03. The normalized spacial score (nSPS) is 22.1. The van der Waals surface area contributed by atoms with E-state index in [2.05, 4.69) is 15.2 Å². The van der Waals surface area contributed by atoms with Crippen LogP contribution in [0, 0.1) is 5.92 Å². The van der Waals surface area contributed by atoms with E-state index < -0.39 is 0 Å². The molecule has 0 spiro atoms. The van der Waals surface area contributed by atoms with Crippen molar-refractivity contribution < 1.29 is 4.79 Å². The first-order valence-corrected chi connectivity index (χ1v) is 5.61. The molecular weight excluding hydrogens is 206 g/mol. The molecule has 1 unspecified atom stereocenters. The number of rotatable bonds is 4. The SMILES string of the molecule is NC(=O)C1CCCN(CCn2ccnn2)C1. The van der Waals surface area contributed by atoms with Gasteiger partial charge in [0, 0.05) is 19.3 Å². The minimum Gasteiger partial charge on any atom is -0.369 e. The molecule has 1 aromatic rings. The predicted molar refractivity (Wildman–Crippen MR) is 58.4 cm³/mol. The second-order valence-corrected chi connectivity index (χ2v) is 4.21. The van der Waals surface area contributed by atoms with Gasteiger partial charge in [0.05, 0.1) is 18.7 Å². The van der Waals surface area contributed by atoms with Crippen LogP contribution in [0.2, 0.25) is 0 Å². The summed E-state index contributed by atoms with van der Waals surface area (Å²) in [6.45, 7) is 3.53. The number of amides is 1. The van der Waals surface area contributed by atoms with Crippen LogP contribution in [-0.2, 0) is 11.3 Å². The van der Waals surface area contributed by atoms with E-state index in [-0.39, 0.29) is 11.8 Å². The summed E-state index contributed by atoms with van der Waals surface area (Å²) in [6, 6.07) is 0. The van der Waals surface area contributed by atoms with Gasteiger partial charge in [0.25, 0.3) is 0 Å². The van der Waals surface area contributed by atoms with Gasteiger partial charge in [-0.25, -0.2) is 0 Å². The van der Waals surface area contributed by atoms with Crippen LogP contribution in [0.4, 0.5) is 0 Å². The zero-order chi connectivity index (χ0) is 11.4. The van der Waals surface area contributed by atoms with Crippen molar-refractivity contribution in [1.82, 2.24) is 19.9 Å². The number of nitrogens with zero attached hydrogens (tertiary/aromatic N) is 4. The van der Waals surface area contributed by atoms with Crippen LogP contribution >= 0.6 is 0 Å². The van der Waals surface area contributed by atoms with Crippen LogP contribution in [0.25, 0.3) is 0 Å². The Morgan fingerprint density at radius 1 is 1.50 bits per heavy atom. The first-order chi connectivity index (χ1) is 7.75. The fraction of sp³-hybridized carbons (Fsp3) is 0.700. The molecule has 1 aliphatic heterocycles. The number of primary amides is 1. The van der Waals surface area contributed by atoms with Gasteiger partial charge in [-0.1, -0.05) is 5.21 Å². The Morgan fingerprint density at radius 2 is 2.38 bits per heavy atom. The summed E-state index contributed by atoms with van der Waals surface area (Å²) in [5, 5.41) is 7.65. The maximum Gasteiger partial charge on any atom is 0.221 e. The highest BCUT2D eigenvalue weighted by atomic mass is 16.1. The van der Waals surface area contributed by atoms with Crippen molar-refractivity contribution in [2.75, 3.05) is 19.6 Å². The topological polar surface area (TPSA) is 77.0 Å². The largest absolute Gasteiger partial charge is 0.369 e. The fourth-order valence-corrected chi connectivity index (χ4v) is 2.09. The Hall–Kier alpha value is -1.43. The van der Waals surface area contributed by atoms with Crippen molar-refractivity contribution in [3.05, 3.63) is 12.4 Å². The van der Waals surface area contributed by atoms with Crippen molar-refractivity contribution in [2.24, 2.45) is 11.7 Å². The summed E-state index contributed by atoms with van der Waals surface area (Å²) in [6.07, 6.45) is 5.48. The standard InChI is InChI=1S/C10H17N5O/c11-10(16)9-2-1-4-14(8-9)6-7-15-5-3-12-13-15/h3,5,9H,1-2,4,6-8H2,(H2,11,16). The lowest BCUT2D eigenvalue weighted by Crippen LogP contribution is -2.42. The Kier molecular flexibility index (Phi) is 3.51. The second-order valence-electron chi connectivity index (χ2n) is 4.21. The molecule has 6 nitrogen and oxygen atoms in total. The highest BCUT2D eigenvalue weighted by Crippen LogP contribution is 2.15. The van der Waals surface area contributed by atoms with Crippen LogP contribution in [0.15, 0.2) is 12.4 Å². The third-order valence-electron chi connectivity index (χ3n) is 3.03. The Balaban J connectivity index is 1.79. The first-order valence-electron chi connectivity index (χ1n) is 5.61. The van der Waals surface area contributed by atoms with Gasteiger partial charge in [0.2, 0.25) is 5.91 Å². The highest BCUT2D eigenvalue weighted by molar-refractivity contribution is 5.76. The van der Waals surface area contributed by atoms with E-state index in [0.717, 1.165) is 39.0 Å². The number of piperidine rings is 1. The van der Waals surface area contributed by atoms with Gasteiger partial charge in [-0.2, -0.15) is 0 Å². The first kappa shape index (κ1) is 11.1. The molecule has 1 aliphatic rings. The van der Waals surface area contributed by atoms with E-state index in [9.17, 15) is 4.79 Å². The van der Waals surface area contributed by atoms with Gasteiger partial charge in [-0.05, 0) is 19.4 Å². The Morgan fingerprint density at radius 3 is 3.06 bits per heavy atom. The quantitative estimate of drug-likeness (QED) is 0.744. The molecule has 6 heteroatoms. The van der Waals surface area contributed by atoms with Gasteiger partial charge >= 0.3 is 0 Å². The third kappa shape index (κ3) is 2.79. The van der Waals surface area contributed by atoms with Gasteiger partial charge in [-0.15, -0.1) is 5.10 Å². The number of aromatic nitrogens is 3. The minimum absolute atomic E-state index is 0.0181. The fourth-order valence-electron chi connectivity index (χ4n) is 2.09. The minimum atomic E-state index is -0.176. The lowest BCUT2D eigenvalue weighted by atomic mass is 9.97. The molecule has 0 radical (unpaired) electrons. The van der Waals surface area contributed by atoms with Crippen LogP contribution in [0.3, 0.4) is 0 Å². The Labute approximate surface area is 94.4 Å². The average Bonchev–Trinajstić information content (AvgIpc) is 2.79. The van der Waals surface area contributed by atoms with Crippen molar-refractivity contribution in [2.45, 2.75) is 19.4 Å². The van der Waals surface area contributed by atoms with Crippen molar-refractivity contribution >= 4 is 5.91 Å². The predicted octanol–water partition coefficient (Wildman–Crippen LogP) is -0.525. The van der Waals surface area contributed by atoms with E-state index in [4.69, 9.17) is 5.73 Å². The number of hydrogen-bond donors (Lipinski definition) is 1. The van der Waals surface area contributed by atoms with E-state index in [1.54, 1.807) is 10.9 Å². The molecule has 0 saturated carbocycles. The molecule has 2 N–H and O–H groups in total. The molecule has 1 saturated heterocycles. The summed E-state index contributed by atoms with van der Waals surface area (Å²) >= 11 is 0. The summed E-state index contributed by atoms with van der Waals surface area (Å²) in [4.78, 5) is 13.4. The number of carbonyl (C=O) groups is 1. The summed E-state index contributed by atoms with van der Waals surface area (Å²) < 4.78 is 1.80. The maximum absolute atomic E-state index is 11.1. The van der Waals surface area contributed by atoms with Crippen LogP contribution in [-0.4, -0.2) is 45.4 Å². The molecule has 1 fully saturated rings. The van der Waals surface area contributed by atoms with E-state index >= 15 is 0 Å². The number of nitrogens with two attached hydrogens (primary N) is 1. The molecule has 2 rings (SSSR count). The lowest BCUT2D eigenvalue weighted by molar-refractivity contribution is -0.123. The molecule has 0 bridgehead atoms. The van der Waals surface area contributed by atoms with Crippen molar-refractivity contribution in [3.63, 3.8) is 0 Å².